The van der Waals surface area contributed by atoms with Gasteiger partial charge in [0, 0.05) is 43.7 Å². The molecular formula is C19H28ClN5O2S. The summed E-state index contributed by atoms with van der Waals surface area (Å²) in [5, 5.41) is 3.78. The first-order valence-corrected chi connectivity index (χ1v) is 11.3. The Morgan fingerprint density at radius 2 is 2.11 bits per heavy atom. The van der Waals surface area contributed by atoms with Gasteiger partial charge in [-0.2, -0.15) is 0 Å². The average Bonchev–Trinajstić information content (AvgIpc) is 3.50. The number of hydrogen-bond acceptors (Lipinski definition) is 6. The highest BCUT2D eigenvalue weighted by atomic mass is 35.5. The van der Waals surface area contributed by atoms with Gasteiger partial charge in [-0.25, -0.2) is 9.97 Å². The summed E-state index contributed by atoms with van der Waals surface area (Å²) in [4.78, 5) is 37.3. The SMILES string of the molecule is CC[C@@H](C)NC(=O)CSc1nc(Cl)cc(N2CCN(C(=O)C3CC3)[C@H](C)C2)n1. The maximum absolute atomic E-state index is 12.4. The van der Waals surface area contributed by atoms with Crippen molar-refractivity contribution in [1.82, 2.24) is 20.2 Å². The second-order valence-electron chi connectivity index (χ2n) is 7.60. The number of aromatic nitrogens is 2. The van der Waals surface area contributed by atoms with E-state index in [0.29, 0.717) is 23.4 Å². The molecule has 2 atom stereocenters. The van der Waals surface area contributed by atoms with E-state index in [1.165, 1.54) is 11.8 Å². The van der Waals surface area contributed by atoms with E-state index in [2.05, 4.69) is 27.1 Å². The number of hydrogen-bond donors (Lipinski definition) is 1. The molecular weight excluding hydrogens is 398 g/mol. The molecule has 1 saturated heterocycles. The van der Waals surface area contributed by atoms with Crippen molar-refractivity contribution in [1.29, 1.82) is 0 Å². The Morgan fingerprint density at radius 1 is 1.36 bits per heavy atom. The summed E-state index contributed by atoms with van der Waals surface area (Å²) in [6, 6.07) is 2.03. The van der Waals surface area contributed by atoms with E-state index in [1.807, 2.05) is 18.7 Å². The van der Waals surface area contributed by atoms with Crippen molar-refractivity contribution in [3.8, 4) is 0 Å². The number of carbonyl (C=O) groups is 2. The number of thioether (sulfide) groups is 1. The highest BCUT2D eigenvalue weighted by Gasteiger charge is 2.37. The van der Waals surface area contributed by atoms with Gasteiger partial charge in [-0.1, -0.05) is 30.3 Å². The molecule has 2 fully saturated rings. The Balaban J connectivity index is 1.60. The molecule has 2 amide bonds. The molecule has 3 rings (SSSR count). The third-order valence-corrected chi connectivity index (χ3v) is 6.22. The predicted molar refractivity (Wildman–Crippen MR) is 112 cm³/mol. The van der Waals surface area contributed by atoms with Gasteiger partial charge in [0.25, 0.3) is 0 Å². The normalized spacial score (nSPS) is 20.8. The Bertz CT molecular complexity index is 730. The van der Waals surface area contributed by atoms with Crippen molar-refractivity contribution in [2.24, 2.45) is 5.92 Å². The molecule has 1 aromatic heterocycles. The van der Waals surface area contributed by atoms with E-state index in [9.17, 15) is 9.59 Å². The van der Waals surface area contributed by atoms with Gasteiger partial charge in [-0.05, 0) is 33.1 Å². The van der Waals surface area contributed by atoms with Crippen LogP contribution in [-0.2, 0) is 9.59 Å². The van der Waals surface area contributed by atoms with Gasteiger partial charge in [-0.3, -0.25) is 9.59 Å². The second kappa shape index (κ2) is 9.31. The van der Waals surface area contributed by atoms with Gasteiger partial charge >= 0.3 is 0 Å². The summed E-state index contributed by atoms with van der Waals surface area (Å²) in [6.45, 7) is 8.20. The van der Waals surface area contributed by atoms with Crippen molar-refractivity contribution < 1.29 is 9.59 Å². The third kappa shape index (κ3) is 5.50. The van der Waals surface area contributed by atoms with Gasteiger partial charge in [0.1, 0.15) is 11.0 Å². The lowest BCUT2D eigenvalue weighted by molar-refractivity contribution is -0.135. The molecule has 1 aliphatic carbocycles. The standard InChI is InChI=1S/C19H28ClN5O2S/c1-4-12(2)21-17(26)11-28-19-22-15(20)9-16(23-19)24-7-8-25(13(3)10-24)18(27)14-5-6-14/h9,12-14H,4-8,10-11H2,1-3H3,(H,21,26)/t12-,13-/m1/s1. The predicted octanol–water partition coefficient (Wildman–Crippen LogP) is 2.58. The Hall–Kier alpha value is -1.54. The van der Waals surface area contributed by atoms with Gasteiger partial charge in [-0.15, -0.1) is 0 Å². The second-order valence-corrected chi connectivity index (χ2v) is 8.93. The molecule has 1 aliphatic heterocycles. The highest BCUT2D eigenvalue weighted by Crippen LogP contribution is 2.32. The quantitative estimate of drug-likeness (QED) is 0.411. The summed E-state index contributed by atoms with van der Waals surface area (Å²) < 4.78 is 0. The van der Waals surface area contributed by atoms with Crippen LogP contribution in [-0.4, -0.2) is 64.2 Å². The molecule has 154 valence electrons. The lowest BCUT2D eigenvalue weighted by atomic mass is 10.1. The summed E-state index contributed by atoms with van der Waals surface area (Å²) >= 11 is 7.48. The van der Waals surface area contributed by atoms with Crippen molar-refractivity contribution in [3.05, 3.63) is 11.2 Å². The van der Waals surface area contributed by atoms with Gasteiger partial charge in [0.2, 0.25) is 11.8 Å². The number of anilines is 1. The largest absolute Gasteiger partial charge is 0.353 e. The Labute approximate surface area is 175 Å². The maximum atomic E-state index is 12.4. The first-order chi connectivity index (χ1) is 13.4. The van der Waals surface area contributed by atoms with E-state index in [1.54, 1.807) is 6.07 Å². The first-order valence-electron chi connectivity index (χ1n) is 9.89. The highest BCUT2D eigenvalue weighted by molar-refractivity contribution is 7.99. The van der Waals surface area contributed by atoms with E-state index < -0.39 is 0 Å². The summed E-state index contributed by atoms with van der Waals surface area (Å²) in [5.41, 5.74) is 0. The molecule has 1 saturated carbocycles. The Morgan fingerprint density at radius 3 is 2.75 bits per heavy atom. The number of rotatable bonds is 7. The fraction of sp³-hybridized carbons (Fsp3) is 0.684. The molecule has 2 heterocycles. The molecule has 0 spiro atoms. The molecule has 0 bridgehead atoms. The van der Waals surface area contributed by atoms with Crippen LogP contribution in [0.5, 0.6) is 0 Å². The van der Waals surface area contributed by atoms with E-state index in [0.717, 1.165) is 31.6 Å². The third-order valence-electron chi connectivity index (χ3n) is 5.17. The van der Waals surface area contributed by atoms with E-state index >= 15 is 0 Å². The zero-order valence-corrected chi connectivity index (χ0v) is 18.2. The minimum atomic E-state index is -0.0368. The van der Waals surface area contributed by atoms with Gasteiger partial charge in [0.15, 0.2) is 5.16 Å². The van der Waals surface area contributed by atoms with Crippen LogP contribution >= 0.6 is 23.4 Å². The first kappa shape index (κ1) is 21.2. The number of nitrogens with one attached hydrogen (secondary N) is 1. The number of carbonyl (C=O) groups excluding carboxylic acids is 2. The van der Waals surface area contributed by atoms with Crippen molar-refractivity contribution >= 4 is 41.0 Å². The lowest BCUT2D eigenvalue weighted by Gasteiger charge is -2.40. The zero-order valence-electron chi connectivity index (χ0n) is 16.7. The monoisotopic (exact) mass is 425 g/mol. The van der Waals surface area contributed by atoms with Crippen LogP contribution < -0.4 is 10.2 Å². The topological polar surface area (TPSA) is 78.4 Å². The maximum Gasteiger partial charge on any atom is 0.230 e. The zero-order chi connectivity index (χ0) is 20.3. The minimum absolute atomic E-state index is 0.0368. The molecule has 7 nitrogen and oxygen atoms in total. The lowest BCUT2D eigenvalue weighted by Crippen LogP contribution is -2.54. The number of amides is 2. The fourth-order valence-corrected chi connectivity index (χ4v) is 4.11. The minimum Gasteiger partial charge on any atom is -0.353 e. The van der Waals surface area contributed by atoms with Crippen LogP contribution in [0, 0.1) is 5.92 Å². The number of halogens is 1. The van der Waals surface area contributed by atoms with Crippen molar-refractivity contribution in [2.75, 3.05) is 30.3 Å². The number of nitrogens with zero attached hydrogens (tertiary/aromatic N) is 4. The van der Waals surface area contributed by atoms with Crippen molar-refractivity contribution in [2.45, 2.75) is 57.3 Å². The summed E-state index contributed by atoms with van der Waals surface area (Å²) in [7, 11) is 0. The van der Waals surface area contributed by atoms with Crippen LogP contribution in [0.1, 0.15) is 40.0 Å². The molecule has 0 radical (unpaired) electrons. The molecule has 9 heteroatoms. The molecule has 1 N–H and O–H groups in total. The van der Waals surface area contributed by atoms with Crippen LogP contribution in [0.15, 0.2) is 11.2 Å². The van der Waals surface area contributed by atoms with E-state index in [4.69, 9.17) is 11.6 Å². The molecule has 0 unspecified atom stereocenters. The van der Waals surface area contributed by atoms with Crippen LogP contribution in [0.4, 0.5) is 5.82 Å². The Kier molecular flexibility index (Phi) is 7.04. The van der Waals surface area contributed by atoms with E-state index in [-0.39, 0.29) is 35.6 Å². The number of piperazine rings is 1. The summed E-state index contributed by atoms with van der Waals surface area (Å²) in [5.74, 6) is 1.49. The van der Waals surface area contributed by atoms with Crippen LogP contribution in [0.2, 0.25) is 5.15 Å². The van der Waals surface area contributed by atoms with Crippen LogP contribution in [0.3, 0.4) is 0 Å². The average molecular weight is 426 g/mol. The molecule has 2 aliphatic rings. The van der Waals surface area contributed by atoms with Crippen LogP contribution in [0.25, 0.3) is 0 Å². The summed E-state index contributed by atoms with van der Waals surface area (Å²) in [6.07, 6.45) is 2.94. The fourth-order valence-electron chi connectivity index (χ4n) is 3.22. The van der Waals surface area contributed by atoms with Gasteiger partial charge in [0.05, 0.1) is 5.75 Å². The smallest absolute Gasteiger partial charge is 0.230 e. The van der Waals surface area contributed by atoms with Crippen molar-refractivity contribution in [3.63, 3.8) is 0 Å². The molecule has 28 heavy (non-hydrogen) atoms. The molecule has 1 aromatic rings. The molecule has 0 aromatic carbocycles. The van der Waals surface area contributed by atoms with Gasteiger partial charge < -0.3 is 15.1 Å².